The Balaban J connectivity index is 1.18. The molecular formula is C26H37N3O. The highest BCUT2D eigenvalue weighted by Gasteiger charge is 2.30. The lowest BCUT2D eigenvalue weighted by molar-refractivity contribution is -0.131. The maximum Gasteiger partial charge on any atom is 0.225 e. The molecule has 0 radical (unpaired) electrons. The quantitative estimate of drug-likeness (QED) is 0.470. The molecule has 4 nitrogen and oxygen atoms in total. The average molecular weight is 408 g/mol. The van der Waals surface area contributed by atoms with Gasteiger partial charge in [-0.05, 0) is 75.8 Å². The molecule has 3 rings (SSSR count). The van der Waals surface area contributed by atoms with Gasteiger partial charge in [-0.15, -0.1) is 0 Å². The number of carbonyl (C=O) groups is 1. The average Bonchev–Trinajstić information content (AvgIpc) is 3.14. The van der Waals surface area contributed by atoms with Gasteiger partial charge in [-0.1, -0.05) is 60.7 Å². The highest BCUT2D eigenvalue weighted by molar-refractivity contribution is 5.80. The number of nitrogens with one attached hydrogen (secondary N) is 2. The summed E-state index contributed by atoms with van der Waals surface area (Å²) in [6, 6.07) is 21.2. The van der Waals surface area contributed by atoms with E-state index in [0.29, 0.717) is 5.91 Å². The van der Waals surface area contributed by atoms with Gasteiger partial charge in [0.15, 0.2) is 0 Å². The normalized spacial score (nSPS) is 16.3. The van der Waals surface area contributed by atoms with Crippen molar-refractivity contribution in [3.8, 4) is 0 Å². The van der Waals surface area contributed by atoms with Gasteiger partial charge in [0.25, 0.3) is 0 Å². The van der Waals surface area contributed by atoms with E-state index in [1.807, 2.05) is 0 Å². The number of amides is 1. The first-order valence-electron chi connectivity index (χ1n) is 11.6. The Bertz CT molecular complexity index is 658. The summed E-state index contributed by atoms with van der Waals surface area (Å²) in [6.07, 6.45) is 6.29. The number of carbonyl (C=O) groups excluding carboxylic acids is 1. The molecule has 2 aromatic rings. The molecule has 2 aromatic carbocycles. The van der Waals surface area contributed by atoms with Crippen LogP contribution in [-0.2, 0) is 17.6 Å². The van der Waals surface area contributed by atoms with Crippen molar-refractivity contribution in [2.45, 2.75) is 38.5 Å². The molecule has 162 valence electrons. The van der Waals surface area contributed by atoms with Gasteiger partial charge in [0, 0.05) is 19.0 Å². The smallest absolute Gasteiger partial charge is 0.225 e. The Morgan fingerprint density at radius 3 is 1.93 bits per heavy atom. The predicted molar refractivity (Wildman–Crippen MR) is 125 cm³/mol. The van der Waals surface area contributed by atoms with Crippen LogP contribution in [0.4, 0.5) is 0 Å². The van der Waals surface area contributed by atoms with Crippen molar-refractivity contribution >= 4 is 5.91 Å². The summed E-state index contributed by atoms with van der Waals surface area (Å²) in [7, 11) is 0. The van der Waals surface area contributed by atoms with E-state index in [1.54, 1.807) is 0 Å². The Hall–Kier alpha value is -2.17. The van der Waals surface area contributed by atoms with Crippen molar-refractivity contribution in [1.29, 1.82) is 0 Å². The van der Waals surface area contributed by atoms with Crippen LogP contribution in [0.3, 0.4) is 0 Å². The molecule has 0 aromatic heterocycles. The van der Waals surface area contributed by atoms with E-state index in [2.05, 4.69) is 76.2 Å². The van der Waals surface area contributed by atoms with Crippen LogP contribution in [0.5, 0.6) is 0 Å². The van der Waals surface area contributed by atoms with Gasteiger partial charge in [-0.25, -0.2) is 0 Å². The fourth-order valence-electron chi connectivity index (χ4n) is 4.17. The van der Waals surface area contributed by atoms with Crippen LogP contribution in [0.25, 0.3) is 0 Å². The predicted octanol–water partition coefficient (Wildman–Crippen LogP) is 3.67. The molecule has 1 saturated heterocycles. The van der Waals surface area contributed by atoms with Crippen LogP contribution in [0.15, 0.2) is 60.7 Å². The summed E-state index contributed by atoms with van der Waals surface area (Å²) in [5.74, 6) is 0.621. The molecular weight excluding hydrogens is 370 g/mol. The number of likely N-dealkylation sites (tertiary alicyclic amines) is 1. The Morgan fingerprint density at radius 2 is 1.33 bits per heavy atom. The molecule has 4 heteroatoms. The van der Waals surface area contributed by atoms with Gasteiger partial charge >= 0.3 is 0 Å². The third-order valence-corrected chi connectivity index (χ3v) is 5.96. The maximum absolute atomic E-state index is 12.6. The standard InChI is InChI=1S/C26H37N3O/c30-26-25(13-7-17-27-19-14-23-9-3-1-4-10-23)16-22-29(26)21-8-18-28-20-15-24-11-5-2-6-12-24/h1-6,9-12,25,27-28H,7-8,13-22H2. The van der Waals surface area contributed by atoms with Crippen LogP contribution < -0.4 is 10.6 Å². The SMILES string of the molecule is O=C1C(CCCNCCc2ccccc2)CCN1CCCNCCc1ccccc1. The lowest BCUT2D eigenvalue weighted by Gasteiger charge is -2.17. The van der Waals surface area contributed by atoms with E-state index in [4.69, 9.17) is 0 Å². The van der Waals surface area contributed by atoms with Crippen molar-refractivity contribution in [3.63, 3.8) is 0 Å². The van der Waals surface area contributed by atoms with Gasteiger partial charge in [0.05, 0.1) is 0 Å². The highest BCUT2D eigenvalue weighted by atomic mass is 16.2. The van der Waals surface area contributed by atoms with Gasteiger partial charge in [-0.3, -0.25) is 4.79 Å². The summed E-state index contributed by atoms with van der Waals surface area (Å²) in [5.41, 5.74) is 2.75. The summed E-state index contributed by atoms with van der Waals surface area (Å²) < 4.78 is 0. The minimum Gasteiger partial charge on any atom is -0.342 e. The van der Waals surface area contributed by atoms with Crippen molar-refractivity contribution in [3.05, 3.63) is 71.8 Å². The summed E-state index contributed by atoms with van der Waals surface area (Å²) in [5, 5.41) is 7.02. The van der Waals surface area contributed by atoms with Gasteiger partial charge in [0.1, 0.15) is 0 Å². The van der Waals surface area contributed by atoms with Crippen LogP contribution in [0, 0.1) is 5.92 Å². The first-order chi connectivity index (χ1) is 14.8. The molecule has 0 aliphatic carbocycles. The molecule has 2 N–H and O–H groups in total. The maximum atomic E-state index is 12.6. The van der Waals surface area contributed by atoms with E-state index in [0.717, 1.165) is 77.8 Å². The molecule has 30 heavy (non-hydrogen) atoms. The fraction of sp³-hybridized carbons (Fsp3) is 0.500. The van der Waals surface area contributed by atoms with Crippen molar-refractivity contribution in [2.24, 2.45) is 5.92 Å². The van der Waals surface area contributed by atoms with Crippen LogP contribution in [0.1, 0.15) is 36.8 Å². The molecule has 1 unspecified atom stereocenters. The third kappa shape index (κ3) is 7.92. The number of hydrogen-bond donors (Lipinski definition) is 2. The fourth-order valence-corrected chi connectivity index (χ4v) is 4.17. The summed E-state index contributed by atoms with van der Waals surface area (Å²) in [4.78, 5) is 14.7. The zero-order valence-electron chi connectivity index (χ0n) is 18.2. The van der Waals surface area contributed by atoms with Crippen molar-refractivity contribution in [1.82, 2.24) is 15.5 Å². The lowest BCUT2D eigenvalue weighted by Crippen LogP contribution is -2.31. The van der Waals surface area contributed by atoms with Crippen molar-refractivity contribution in [2.75, 3.05) is 39.3 Å². The second-order valence-corrected chi connectivity index (χ2v) is 8.28. The molecule has 1 fully saturated rings. The topological polar surface area (TPSA) is 44.4 Å². The van der Waals surface area contributed by atoms with Gasteiger partial charge in [-0.2, -0.15) is 0 Å². The van der Waals surface area contributed by atoms with E-state index < -0.39 is 0 Å². The molecule has 0 spiro atoms. The Kier molecular flexibility index (Phi) is 9.90. The zero-order chi connectivity index (χ0) is 20.9. The number of benzene rings is 2. The molecule has 1 aliphatic rings. The second kappa shape index (κ2) is 13.2. The summed E-state index contributed by atoms with van der Waals surface area (Å²) >= 11 is 0. The van der Waals surface area contributed by atoms with Crippen LogP contribution in [-0.4, -0.2) is 50.1 Å². The highest BCUT2D eigenvalue weighted by Crippen LogP contribution is 2.22. The first kappa shape index (κ1) is 22.5. The Morgan fingerprint density at radius 1 is 0.767 bits per heavy atom. The summed E-state index contributed by atoms with van der Waals surface area (Å²) in [6.45, 7) is 5.82. The molecule has 1 atom stereocenters. The van der Waals surface area contributed by atoms with Crippen LogP contribution in [0.2, 0.25) is 0 Å². The van der Waals surface area contributed by atoms with Gasteiger partial charge in [0.2, 0.25) is 5.91 Å². The van der Waals surface area contributed by atoms with Crippen LogP contribution >= 0.6 is 0 Å². The van der Waals surface area contributed by atoms with E-state index in [9.17, 15) is 4.79 Å². The van der Waals surface area contributed by atoms with Crippen molar-refractivity contribution < 1.29 is 4.79 Å². The van der Waals surface area contributed by atoms with Gasteiger partial charge < -0.3 is 15.5 Å². The lowest BCUT2D eigenvalue weighted by atomic mass is 10.0. The van der Waals surface area contributed by atoms with E-state index in [1.165, 1.54) is 11.1 Å². The molecule has 1 amide bonds. The molecule has 0 bridgehead atoms. The second-order valence-electron chi connectivity index (χ2n) is 8.28. The number of hydrogen-bond acceptors (Lipinski definition) is 3. The Labute approximate surface area is 182 Å². The first-order valence-corrected chi connectivity index (χ1v) is 11.6. The monoisotopic (exact) mass is 407 g/mol. The van der Waals surface area contributed by atoms with E-state index in [-0.39, 0.29) is 5.92 Å². The minimum atomic E-state index is 0.243. The minimum absolute atomic E-state index is 0.243. The van der Waals surface area contributed by atoms with E-state index >= 15 is 0 Å². The molecule has 0 saturated carbocycles. The number of rotatable bonds is 14. The molecule has 1 heterocycles. The number of nitrogens with zero attached hydrogens (tertiary/aromatic N) is 1. The largest absolute Gasteiger partial charge is 0.342 e. The molecule has 1 aliphatic heterocycles. The zero-order valence-corrected chi connectivity index (χ0v) is 18.2. The third-order valence-electron chi connectivity index (χ3n) is 5.96.